The lowest BCUT2D eigenvalue weighted by atomic mass is 9.80. The zero-order valence-electron chi connectivity index (χ0n) is 19.1. The van der Waals surface area contributed by atoms with Gasteiger partial charge < -0.3 is 9.53 Å². The maximum atomic E-state index is 12.5. The second kappa shape index (κ2) is 9.25. The van der Waals surface area contributed by atoms with Gasteiger partial charge in [-0.15, -0.1) is 0 Å². The minimum Gasteiger partial charge on any atom is -0.424 e. The van der Waals surface area contributed by atoms with Crippen LogP contribution in [0.15, 0.2) is 60.7 Å². The summed E-state index contributed by atoms with van der Waals surface area (Å²) in [6.45, 7) is 10.9. The average molecular weight is 550 g/mol. The lowest BCUT2D eigenvalue weighted by Gasteiger charge is -2.48. The molecule has 2 atom stereocenters. The largest absolute Gasteiger partial charge is 0.424 e. The highest BCUT2D eigenvalue weighted by Gasteiger charge is 2.54. The van der Waals surface area contributed by atoms with Gasteiger partial charge in [-0.05, 0) is 54.7 Å². The zero-order chi connectivity index (χ0) is 22.1. The van der Waals surface area contributed by atoms with Gasteiger partial charge in [0.05, 0.1) is 13.2 Å². The second-order valence-corrected chi connectivity index (χ2v) is 16.0. The molecule has 0 spiro atoms. The Balaban J connectivity index is 1.66. The molecule has 0 amide bonds. The van der Waals surface area contributed by atoms with E-state index in [-0.39, 0.29) is 10.6 Å². The maximum absolute atomic E-state index is 12.5. The first kappa shape index (κ1) is 23.4. The number of alkyl halides is 1. The van der Waals surface area contributed by atoms with Crippen molar-refractivity contribution < 1.29 is 9.53 Å². The monoisotopic (exact) mass is 549 g/mol. The number of hydrogen-bond acceptors (Lipinski definition) is 3. The summed E-state index contributed by atoms with van der Waals surface area (Å²) < 4.78 is 6.91. The predicted molar refractivity (Wildman–Crippen MR) is 140 cm³/mol. The van der Waals surface area contributed by atoms with Crippen molar-refractivity contribution in [1.29, 1.82) is 0 Å². The van der Waals surface area contributed by atoms with Crippen LogP contribution in [0, 0.1) is 5.92 Å². The van der Waals surface area contributed by atoms with Crippen molar-refractivity contribution in [1.82, 2.24) is 4.90 Å². The van der Waals surface area contributed by atoms with Gasteiger partial charge in [0.15, 0.2) is 0 Å². The summed E-state index contributed by atoms with van der Waals surface area (Å²) >= 11 is 2.60. The summed E-state index contributed by atoms with van der Waals surface area (Å²) in [5, 5.41) is 1.95. The molecule has 0 bridgehead atoms. The molecule has 2 unspecified atom stereocenters. The molecule has 0 aliphatic carbocycles. The van der Waals surface area contributed by atoms with E-state index in [0.717, 1.165) is 47.0 Å². The molecule has 4 rings (SSSR count). The summed E-state index contributed by atoms with van der Waals surface area (Å²) in [4.78, 5) is 15.2. The molecule has 2 heterocycles. The fourth-order valence-corrected chi connectivity index (χ4v) is 10.1. The summed E-state index contributed by atoms with van der Waals surface area (Å²) in [5.74, 6) is 0.416. The van der Waals surface area contributed by atoms with Crippen molar-refractivity contribution in [2.24, 2.45) is 5.92 Å². The summed E-state index contributed by atoms with van der Waals surface area (Å²) in [5.41, 5.74) is 0.0523. The minimum atomic E-state index is -3.00. The first-order valence-corrected chi connectivity index (χ1v) is 14.8. The Morgan fingerprint density at radius 2 is 1.55 bits per heavy atom. The predicted octanol–water partition coefficient (Wildman–Crippen LogP) is 4.21. The molecule has 2 aromatic rings. The molecular weight excluding hydrogens is 513 g/mol. The van der Waals surface area contributed by atoms with Crippen molar-refractivity contribution in [2.75, 3.05) is 26.3 Å². The quantitative estimate of drug-likeness (QED) is 0.333. The Labute approximate surface area is 202 Å². The van der Waals surface area contributed by atoms with Gasteiger partial charge in [-0.25, -0.2) is 0 Å². The normalized spacial score (nSPS) is 26.3. The first-order chi connectivity index (χ1) is 14.8. The molecule has 2 saturated heterocycles. The highest BCUT2D eigenvalue weighted by Crippen LogP contribution is 2.47. The molecule has 3 nitrogen and oxygen atoms in total. The number of piperidine rings is 1. The van der Waals surface area contributed by atoms with E-state index in [9.17, 15) is 4.80 Å². The van der Waals surface area contributed by atoms with Crippen LogP contribution in [-0.2, 0) is 4.74 Å². The minimum absolute atomic E-state index is 0.0523. The van der Waals surface area contributed by atoms with Crippen LogP contribution in [0.1, 0.15) is 40.0 Å². The molecule has 1 N–H and O–H groups in total. The number of benzene rings is 2. The highest BCUT2D eigenvalue weighted by molar-refractivity contribution is 14.1. The van der Waals surface area contributed by atoms with E-state index in [1.807, 2.05) is 12.1 Å². The third kappa shape index (κ3) is 4.41. The Kier molecular flexibility index (Phi) is 6.99. The number of halogens is 1. The van der Waals surface area contributed by atoms with Crippen LogP contribution in [0.3, 0.4) is 0 Å². The number of rotatable bonds is 6. The Morgan fingerprint density at radius 3 is 2.06 bits per heavy atom. The van der Waals surface area contributed by atoms with Crippen LogP contribution >= 0.6 is 22.6 Å². The first-order valence-electron chi connectivity index (χ1n) is 11.6. The van der Waals surface area contributed by atoms with Gasteiger partial charge in [0.25, 0.3) is 8.32 Å². The van der Waals surface area contributed by atoms with Crippen LogP contribution in [-0.4, -0.2) is 53.8 Å². The van der Waals surface area contributed by atoms with Gasteiger partial charge in [-0.1, -0.05) is 97.1 Å². The molecule has 2 aliphatic heterocycles. The van der Waals surface area contributed by atoms with E-state index in [0.29, 0.717) is 5.92 Å². The lowest BCUT2D eigenvalue weighted by Crippen LogP contribution is -2.66. The number of hydrogen-bond donors (Lipinski definition) is 1. The third-order valence-corrected chi connectivity index (χ3v) is 13.6. The molecule has 168 valence electrons. The second-order valence-electron chi connectivity index (χ2n) is 10.3. The van der Waals surface area contributed by atoms with Gasteiger partial charge in [-0.3, -0.25) is 4.90 Å². The van der Waals surface area contributed by atoms with Crippen LogP contribution in [0.2, 0.25) is 5.04 Å². The fraction of sp³-hybridized carbons (Fsp3) is 0.538. The van der Waals surface area contributed by atoms with Gasteiger partial charge in [0, 0.05) is 15.4 Å². The van der Waals surface area contributed by atoms with E-state index >= 15 is 0 Å². The molecule has 0 radical (unpaired) electrons. The summed E-state index contributed by atoms with van der Waals surface area (Å²) in [6.07, 6.45) is 3.48. The molecule has 0 saturated carbocycles. The molecular formula is C26H36INO2Si. The summed E-state index contributed by atoms with van der Waals surface area (Å²) in [7, 11) is -3.00. The molecule has 5 heteroatoms. The van der Waals surface area contributed by atoms with E-state index in [4.69, 9.17) is 4.74 Å². The average Bonchev–Trinajstić information content (AvgIpc) is 3.15. The molecule has 2 fully saturated rings. The summed E-state index contributed by atoms with van der Waals surface area (Å²) in [6, 6.07) is 20.8. The van der Waals surface area contributed by atoms with Gasteiger partial charge >= 0.3 is 0 Å². The standard InChI is InChI=1S/C26H36INO2Si/c1-25(2,18-21-19-30-20-26(21,3)28-16-14-22(27)15-17-28)31(29,23-10-6-4-7-11-23)24-12-8-5-9-13-24/h4-13,21-22,29H,14-20H2,1-3H3. The molecule has 31 heavy (non-hydrogen) atoms. The highest BCUT2D eigenvalue weighted by atomic mass is 127. The third-order valence-electron chi connectivity index (χ3n) is 7.86. The Hall–Kier alpha value is -0.733. The molecule has 0 aromatic heterocycles. The van der Waals surface area contributed by atoms with Crippen molar-refractivity contribution in [3.8, 4) is 0 Å². The number of likely N-dealkylation sites (tertiary alicyclic amines) is 1. The van der Waals surface area contributed by atoms with Crippen LogP contribution in [0.25, 0.3) is 0 Å². The zero-order valence-corrected chi connectivity index (χ0v) is 22.2. The van der Waals surface area contributed by atoms with Gasteiger partial charge in [0.2, 0.25) is 0 Å². The van der Waals surface area contributed by atoms with Crippen molar-refractivity contribution in [3.63, 3.8) is 0 Å². The van der Waals surface area contributed by atoms with Crippen LogP contribution in [0.5, 0.6) is 0 Å². The molecule has 2 aliphatic rings. The van der Waals surface area contributed by atoms with E-state index in [1.54, 1.807) is 0 Å². The molecule has 2 aromatic carbocycles. The lowest BCUT2D eigenvalue weighted by molar-refractivity contribution is 0.0431. The van der Waals surface area contributed by atoms with Crippen LogP contribution in [0.4, 0.5) is 0 Å². The Morgan fingerprint density at radius 1 is 1.03 bits per heavy atom. The van der Waals surface area contributed by atoms with Gasteiger partial charge in [-0.2, -0.15) is 0 Å². The fourth-order valence-electron chi connectivity index (χ4n) is 5.76. The smallest absolute Gasteiger partial charge is 0.258 e. The number of ether oxygens (including phenoxy) is 1. The van der Waals surface area contributed by atoms with Crippen LogP contribution < -0.4 is 10.4 Å². The Bertz CT molecular complexity index is 815. The SMILES string of the molecule is CC1(N2CCC(I)CC2)COCC1CC(C)(C)[Si](O)(c1ccccc1)c1ccccc1. The maximum Gasteiger partial charge on any atom is 0.258 e. The van der Waals surface area contributed by atoms with Crippen molar-refractivity contribution >= 4 is 41.3 Å². The van der Waals surface area contributed by atoms with E-state index < -0.39 is 8.32 Å². The van der Waals surface area contributed by atoms with E-state index in [1.165, 1.54) is 12.8 Å². The topological polar surface area (TPSA) is 32.7 Å². The van der Waals surface area contributed by atoms with Crippen molar-refractivity contribution in [2.45, 2.75) is 54.5 Å². The number of nitrogens with zero attached hydrogens (tertiary/aromatic N) is 1. The van der Waals surface area contributed by atoms with Gasteiger partial charge in [0.1, 0.15) is 0 Å². The van der Waals surface area contributed by atoms with Crippen molar-refractivity contribution in [3.05, 3.63) is 60.7 Å². The van der Waals surface area contributed by atoms with E-state index in [2.05, 4.69) is 96.8 Å².